The Balaban J connectivity index is 0.000000112. The topological polar surface area (TPSA) is 24.5 Å². The summed E-state index contributed by atoms with van der Waals surface area (Å²) in [6.07, 6.45) is 0. The van der Waals surface area contributed by atoms with Crippen LogP contribution in [0.15, 0.2) is 485 Å². The minimum Gasteiger partial charge on any atom is -0.310 e. The molecular formula is C114H80N6. The van der Waals surface area contributed by atoms with Crippen molar-refractivity contribution in [3.63, 3.8) is 0 Å². The molecule has 3 heterocycles. The second-order valence-corrected chi connectivity index (χ2v) is 30.3. The van der Waals surface area contributed by atoms with E-state index in [1.54, 1.807) is 0 Å². The van der Waals surface area contributed by atoms with Gasteiger partial charge in [-0.15, -0.1) is 0 Å². The SMILES string of the molecule is c1ccc(-c2ccc(-n3c4cc(N(c5ccccc5)c5ccccc5)ccc4c4ccc5ccccc5c43)cc2)cc1.c1ccc(-c2ccc(-n3c4ccc(N(c5ccccc5)c5ccccc5)cc4c4ccc5ccccc5c43)cc2)cc1.c1ccc(N(c2ccccc2)c2cccc3c4ccc5ccccc5c4n(-c4ccccc4)c23)cc1. The monoisotopic (exact) mass is 1530 g/mol. The molecule has 0 radical (unpaired) electrons. The highest BCUT2D eigenvalue weighted by Crippen LogP contribution is 2.48. The lowest BCUT2D eigenvalue weighted by Gasteiger charge is -2.27. The molecular weight excluding hydrogens is 1450 g/mol. The third-order valence-electron chi connectivity index (χ3n) is 23.2. The summed E-state index contributed by atoms with van der Waals surface area (Å²) in [6, 6.07) is 174. The molecule has 23 rings (SSSR count). The molecule has 0 atom stereocenters. The van der Waals surface area contributed by atoms with Crippen LogP contribution in [-0.4, -0.2) is 13.7 Å². The molecule has 0 N–H and O–H groups in total. The number of hydrogen-bond donors (Lipinski definition) is 0. The van der Waals surface area contributed by atoms with Gasteiger partial charge in [0.1, 0.15) is 0 Å². The van der Waals surface area contributed by atoms with Crippen molar-refractivity contribution in [1.82, 2.24) is 13.7 Å². The fourth-order valence-corrected chi connectivity index (χ4v) is 17.8. The lowest BCUT2D eigenvalue weighted by atomic mass is 10.0. The van der Waals surface area contributed by atoms with E-state index in [2.05, 4.69) is 514 Å². The first kappa shape index (κ1) is 71.7. The average Bonchev–Trinajstić information content (AvgIpc) is 1.57. The first-order valence-corrected chi connectivity index (χ1v) is 41.0. The third kappa shape index (κ3) is 13.3. The highest BCUT2D eigenvalue weighted by atomic mass is 15.2. The van der Waals surface area contributed by atoms with Crippen molar-refractivity contribution in [2.45, 2.75) is 0 Å². The molecule has 23 aromatic rings. The second-order valence-electron chi connectivity index (χ2n) is 30.3. The second kappa shape index (κ2) is 31.6. The van der Waals surface area contributed by atoms with Crippen LogP contribution in [0.3, 0.4) is 0 Å². The van der Waals surface area contributed by atoms with Gasteiger partial charge in [-0.05, 0) is 184 Å². The molecule has 0 aliphatic carbocycles. The Morgan fingerprint density at radius 1 is 0.142 bits per heavy atom. The largest absolute Gasteiger partial charge is 0.310 e. The summed E-state index contributed by atoms with van der Waals surface area (Å²) in [4.78, 5) is 7.03. The van der Waals surface area contributed by atoms with Gasteiger partial charge in [0.05, 0.1) is 38.8 Å². The normalized spacial score (nSPS) is 11.3. The van der Waals surface area contributed by atoms with Crippen molar-refractivity contribution in [3.8, 4) is 39.3 Å². The summed E-state index contributed by atoms with van der Waals surface area (Å²) in [5.74, 6) is 0. The summed E-state index contributed by atoms with van der Waals surface area (Å²) < 4.78 is 7.32. The van der Waals surface area contributed by atoms with Crippen molar-refractivity contribution in [2.75, 3.05) is 14.7 Å². The predicted octanol–water partition coefficient (Wildman–Crippen LogP) is 31.6. The zero-order valence-electron chi connectivity index (χ0n) is 65.9. The number of fused-ring (bicyclic) bond motifs is 15. The summed E-state index contributed by atoms with van der Waals surface area (Å²) in [5.41, 5.74) is 25.8. The van der Waals surface area contributed by atoms with Gasteiger partial charge in [-0.3, -0.25) is 0 Å². The molecule has 0 spiro atoms. The predicted molar refractivity (Wildman–Crippen MR) is 510 cm³/mol. The number of anilines is 9. The van der Waals surface area contributed by atoms with Gasteiger partial charge in [-0.25, -0.2) is 0 Å². The molecule has 20 aromatic carbocycles. The lowest BCUT2D eigenvalue weighted by Crippen LogP contribution is -2.11. The molecule has 566 valence electrons. The molecule has 0 bridgehead atoms. The minimum atomic E-state index is 1.12. The zero-order valence-corrected chi connectivity index (χ0v) is 65.9. The fourth-order valence-electron chi connectivity index (χ4n) is 17.8. The van der Waals surface area contributed by atoms with E-state index in [1.807, 2.05) is 0 Å². The number of benzene rings is 20. The molecule has 0 amide bonds. The van der Waals surface area contributed by atoms with Crippen LogP contribution in [0.5, 0.6) is 0 Å². The first-order valence-electron chi connectivity index (χ1n) is 41.0. The average molecular weight is 1530 g/mol. The van der Waals surface area contributed by atoms with Crippen molar-refractivity contribution >= 4 is 149 Å². The van der Waals surface area contributed by atoms with Crippen LogP contribution in [-0.2, 0) is 0 Å². The third-order valence-corrected chi connectivity index (χ3v) is 23.2. The Morgan fingerprint density at radius 3 is 0.858 bits per heavy atom. The number of aromatic nitrogens is 3. The van der Waals surface area contributed by atoms with Gasteiger partial charge in [0.2, 0.25) is 0 Å². The van der Waals surface area contributed by atoms with Gasteiger partial charge in [0.15, 0.2) is 0 Å². The molecule has 6 heteroatoms. The van der Waals surface area contributed by atoms with Crippen LogP contribution >= 0.6 is 0 Å². The van der Waals surface area contributed by atoms with Crippen molar-refractivity contribution < 1.29 is 0 Å². The van der Waals surface area contributed by atoms with Crippen LogP contribution in [0.25, 0.3) is 137 Å². The number of nitrogens with zero attached hydrogens (tertiary/aromatic N) is 6. The van der Waals surface area contributed by atoms with Gasteiger partial charge >= 0.3 is 0 Å². The Bertz CT molecular complexity index is 7430. The Kier molecular flexibility index (Phi) is 18.9. The van der Waals surface area contributed by atoms with Crippen molar-refractivity contribution in [1.29, 1.82) is 0 Å². The van der Waals surface area contributed by atoms with E-state index in [-0.39, 0.29) is 0 Å². The van der Waals surface area contributed by atoms with Gasteiger partial charge in [-0.1, -0.05) is 340 Å². The summed E-state index contributed by atoms with van der Waals surface area (Å²) >= 11 is 0. The molecule has 6 nitrogen and oxygen atoms in total. The van der Waals surface area contributed by atoms with E-state index in [9.17, 15) is 0 Å². The molecule has 120 heavy (non-hydrogen) atoms. The van der Waals surface area contributed by atoms with Crippen LogP contribution in [0.4, 0.5) is 51.2 Å². The van der Waals surface area contributed by atoms with Gasteiger partial charge in [-0.2, -0.15) is 0 Å². The summed E-state index contributed by atoms with van der Waals surface area (Å²) in [7, 11) is 0. The fraction of sp³-hybridized carbons (Fsp3) is 0. The standard InChI is InChI=1S/2C40H28N2.C34H24N2/c1-4-12-29(13-5-1)30-20-23-34(24-21-30)42-39-28-35(41(32-15-6-2-7-16-32)33-17-8-3-9-18-33)25-27-37(39)38-26-22-31-14-10-11-19-36(31)40(38)42;1-4-12-29(13-5-1)30-20-23-34(24-21-30)42-39-27-25-35(41(32-15-6-2-7-16-32)33-17-8-3-9-18-33)28-38(39)37-26-22-31-14-10-11-19-36(31)40(37)42;1-4-14-26(15-5-1)35(27-16-6-2-7-17-27)32-22-12-21-30-31-24-23-25-13-10-11-20-29(25)33(31)36(34(30)32)28-18-8-3-9-19-28/h2*1-28H;1-24H. The van der Waals surface area contributed by atoms with Crippen LogP contribution in [0.2, 0.25) is 0 Å². The van der Waals surface area contributed by atoms with Gasteiger partial charge in [0, 0.05) is 111 Å². The quantitative estimate of drug-likeness (QED) is 0.108. The molecule has 0 saturated carbocycles. The molecule has 0 aliphatic rings. The van der Waals surface area contributed by atoms with Crippen LogP contribution in [0.1, 0.15) is 0 Å². The number of rotatable bonds is 14. The number of hydrogen-bond acceptors (Lipinski definition) is 3. The molecule has 3 aromatic heterocycles. The van der Waals surface area contributed by atoms with E-state index >= 15 is 0 Å². The minimum absolute atomic E-state index is 1.12. The highest BCUT2D eigenvalue weighted by Gasteiger charge is 2.25. The summed E-state index contributed by atoms with van der Waals surface area (Å²) in [5, 5.41) is 15.0. The highest BCUT2D eigenvalue weighted by molar-refractivity contribution is 6.23. The Hall–Kier alpha value is -16.0. The first-order chi connectivity index (χ1) is 59.6. The van der Waals surface area contributed by atoms with E-state index in [4.69, 9.17) is 0 Å². The maximum atomic E-state index is 2.45. The van der Waals surface area contributed by atoms with E-state index in [0.29, 0.717) is 0 Å². The van der Waals surface area contributed by atoms with Gasteiger partial charge in [0.25, 0.3) is 0 Å². The molecule has 0 fully saturated rings. The lowest BCUT2D eigenvalue weighted by molar-refractivity contribution is 1.17. The smallest absolute Gasteiger partial charge is 0.0782 e. The van der Waals surface area contributed by atoms with E-state index in [1.165, 1.54) is 120 Å². The number of para-hydroxylation sites is 8. The Labute approximate surface area is 697 Å². The molecule has 0 saturated heterocycles. The Morgan fingerprint density at radius 2 is 0.433 bits per heavy atom. The van der Waals surface area contributed by atoms with Crippen LogP contribution < -0.4 is 14.7 Å². The maximum Gasteiger partial charge on any atom is 0.0782 e. The van der Waals surface area contributed by atoms with E-state index < -0.39 is 0 Å². The zero-order chi connectivity index (χ0) is 79.7. The molecule has 0 aliphatic heterocycles. The maximum absolute atomic E-state index is 2.45. The molecule has 0 unspecified atom stereocenters. The summed E-state index contributed by atoms with van der Waals surface area (Å²) in [6.45, 7) is 0. The van der Waals surface area contributed by atoms with Gasteiger partial charge < -0.3 is 28.4 Å². The van der Waals surface area contributed by atoms with Crippen molar-refractivity contribution in [3.05, 3.63) is 485 Å². The van der Waals surface area contributed by atoms with Crippen LogP contribution in [0, 0.1) is 0 Å². The van der Waals surface area contributed by atoms with E-state index in [0.717, 1.165) is 68.2 Å². The van der Waals surface area contributed by atoms with Crippen molar-refractivity contribution in [2.24, 2.45) is 0 Å².